The summed E-state index contributed by atoms with van der Waals surface area (Å²) in [5.74, 6) is 0.396. The Bertz CT molecular complexity index is 460. The normalized spacial score (nSPS) is 14.9. The number of amides is 3. The molecule has 1 saturated heterocycles. The molecular formula is C13H17N3O3. The summed E-state index contributed by atoms with van der Waals surface area (Å²) in [7, 11) is 0. The average molecular weight is 263 g/mol. The number of benzene rings is 1. The monoisotopic (exact) mass is 263 g/mol. The molecule has 0 radical (unpaired) electrons. The van der Waals surface area contributed by atoms with Gasteiger partial charge in [-0.25, -0.2) is 10.2 Å². The topological polar surface area (TPSA) is 70.7 Å². The lowest BCUT2D eigenvalue weighted by Crippen LogP contribution is -2.59. The van der Waals surface area contributed by atoms with Crippen LogP contribution in [-0.4, -0.2) is 25.1 Å². The Kier molecular flexibility index (Phi) is 4.22. The van der Waals surface area contributed by atoms with E-state index >= 15 is 0 Å². The van der Waals surface area contributed by atoms with Crippen LogP contribution in [0.15, 0.2) is 24.3 Å². The van der Waals surface area contributed by atoms with Gasteiger partial charge < -0.3 is 4.74 Å². The van der Waals surface area contributed by atoms with Crippen molar-refractivity contribution < 1.29 is 14.3 Å². The summed E-state index contributed by atoms with van der Waals surface area (Å²) in [6, 6.07) is 6.77. The van der Waals surface area contributed by atoms with Crippen molar-refractivity contribution in [2.24, 2.45) is 0 Å². The highest BCUT2D eigenvalue weighted by molar-refractivity contribution is 6.00. The molecule has 1 aliphatic rings. The summed E-state index contributed by atoms with van der Waals surface area (Å²) in [4.78, 5) is 22.5. The Hall–Kier alpha value is -2.24. The van der Waals surface area contributed by atoms with E-state index in [0.717, 1.165) is 24.3 Å². The number of carbonyl (C=O) groups excluding carboxylic acids is 2. The first-order valence-corrected chi connectivity index (χ1v) is 6.30. The lowest BCUT2D eigenvalue weighted by Gasteiger charge is -2.28. The summed E-state index contributed by atoms with van der Waals surface area (Å²) in [6.45, 7) is 2.85. The van der Waals surface area contributed by atoms with Crippen molar-refractivity contribution in [3.8, 4) is 5.75 Å². The molecule has 1 aliphatic heterocycles. The second kappa shape index (κ2) is 6.08. The average Bonchev–Trinajstić information content (AvgIpc) is 2.38. The number of nitrogens with zero attached hydrogens (tertiary/aromatic N) is 1. The molecule has 0 aromatic heterocycles. The van der Waals surface area contributed by atoms with E-state index in [1.165, 1.54) is 5.01 Å². The van der Waals surface area contributed by atoms with Gasteiger partial charge in [0.15, 0.2) is 0 Å². The van der Waals surface area contributed by atoms with Crippen molar-refractivity contribution in [2.45, 2.75) is 19.8 Å². The van der Waals surface area contributed by atoms with Gasteiger partial charge in [-0.2, -0.15) is 0 Å². The van der Waals surface area contributed by atoms with Crippen LogP contribution in [0, 0.1) is 0 Å². The quantitative estimate of drug-likeness (QED) is 0.788. The third-order valence-corrected chi connectivity index (χ3v) is 2.69. The van der Waals surface area contributed by atoms with Crippen LogP contribution in [0.3, 0.4) is 0 Å². The Balaban J connectivity index is 2.05. The van der Waals surface area contributed by atoms with E-state index in [9.17, 15) is 9.59 Å². The molecule has 1 fully saturated rings. The maximum Gasteiger partial charge on any atom is 0.340 e. The molecule has 6 heteroatoms. The van der Waals surface area contributed by atoms with E-state index in [-0.39, 0.29) is 12.5 Å². The molecule has 0 unspecified atom stereocenters. The zero-order valence-corrected chi connectivity index (χ0v) is 10.8. The molecule has 0 saturated carbocycles. The number of carbonyl (C=O) groups is 2. The fourth-order valence-corrected chi connectivity index (χ4v) is 1.73. The lowest BCUT2D eigenvalue weighted by atomic mass is 10.3. The van der Waals surface area contributed by atoms with E-state index < -0.39 is 6.03 Å². The van der Waals surface area contributed by atoms with Gasteiger partial charge in [0.25, 0.3) is 0 Å². The predicted octanol–water partition coefficient (Wildman–Crippen LogP) is 1.43. The molecule has 0 bridgehead atoms. The number of urea groups is 1. The molecule has 2 N–H and O–H groups in total. The maximum atomic E-state index is 11.3. The van der Waals surface area contributed by atoms with Gasteiger partial charge in [-0.3, -0.25) is 15.1 Å². The highest BCUT2D eigenvalue weighted by atomic mass is 16.5. The first-order valence-electron chi connectivity index (χ1n) is 6.30. The van der Waals surface area contributed by atoms with Gasteiger partial charge in [0, 0.05) is 6.07 Å². The van der Waals surface area contributed by atoms with Crippen LogP contribution in [0.4, 0.5) is 10.5 Å². The lowest BCUT2D eigenvalue weighted by molar-refractivity contribution is -0.119. The Morgan fingerprint density at radius 1 is 1.37 bits per heavy atom. The van der Waals surface area contributed by atoms with Crippen molar-refractivity contribution in [2.75, 3.05) is 18.2 Å². The first kappa shape index (κ1) is 13.2. The number of anilines is 1. The van der Waals surface area contributed by atoms with Gasteiger partial charge >= 0.3 is 6.03 Å². The number of hydrogen-bond donors (Lipinski definition) is 2. The van der Waals surface area contributed by atoms with Crippen LogP contribution < -0.4 is 20.5 Å². The number of nitrogens with one attached hydrogen (secondary N) is 2. The second-order valence-electron chi connectivity index (χ2n) is 4.27. The minimum absolute atomic E-state index is 0.0875. The van der Waals surface area contributed by atoms with Crippen molar-refractivity contribution >= 4 is 17.6 Å². The van der Waals surface area contributed by atoms with E-state index in [1.807, 2.05) is 18.2 Å². The smallest absolute Gasteiger partial charge is 0.340 e. The number of unbranched alkanes of at least 4 members (excludes halogenated alkanes) is 1. The predicted molar refractivity (Wildman–Crippen MR) is 70.9 cm³/mol. The van der Waals surface area contributed by atoms with Gasteiger partial charge in [0.1, 0.15) is 12.3 Å². The second-order valence-corrected chi connectivity index (χ2v) is 4.27. The molecule has 6 nitrogen and oxygen atoms in total. The molecular weight excluding hydrogens is 246 g/mol. The number of imide groups is 1. The van der Waals surface area contributed by atoms with E-state index in [2.05, 4.69) is 17.7 Å². The summed E-state index contributed by atoms with van der Waals surface area (Å²) in [6.07, 6.45) is 2.06. The minimum Gasteiger partial charge on any atom is -0.494 e. The number of rotatable bonds is 5. The van der Waals surface area contributed by atoms with Crippen molar-refractivity contribution in [3.05, 3.63) is 24.3 Å². The molecule has 1 aromatic rings. The standard InChI is InChI=1S/C13H17N3O3/c1-2-3-7-19-11-6-4-5-10(8-11)16-9-12(17)14-13(18)15-16/h4-6,8H,2-3,7,9H2,1H3,(H2,14,15,17,18). The number of hydrazine groups is 1. The van der Waals surface area contributed by atoms with Gasteiger partial charge in [0.05, 0.1) is 12.3 Å². The molecule has 19 heavy (non-hydrogen) atoms. The SMILES string of the molecule is CCCCOc1cccc(N2CC(=O)NC(=O)N2)c1. The Labute approximate surface area is 111 Å². The van der Waals surface area contributed by atoms with Crippen molar-refractivity contribution in [1.29, 1.82) is 0 Å². The molecule has 102 valence electrons. The van der Waals surface area contributed by atoms with Gasteiger partial charge in [0.2, 0.25) is 5.91 Å². The highest BCUT2D eigenvalue weighted by Crippen LogP contribution is 2.20. The zero-order chi connectivity index (χ0) is 13.7. The fraction of sp³-hybridized carbons (Fsp3) is 0.385. The van der Waals surface area contributed by atoms with Crippen molar-refractivity contribution in [1.82, 2.24) is 10.7 Å². The van der Waals surface area contributed by atoms with Crippen molar-refractivity contribution in [3.63, 3.8) is 0 Å². The largest absolute Gasteiger partial charge is 0.494 e. The molecule has 2 rings (SSSR count). The number of ether oxygens (including phenoxy) is 1. The third kappa shape index (κ3) is 3.61. The van der Waals surface area contributed by atoms with E-state index in [0.29, 0.717) is 6.61 Å². The van der Waals surface area contributed by atoms with Crippen LogP contribution >= 0.6 is 0 Å². The molecule has 0 atom stereocenters. The van der Waals surface area contributed by atoms with Gasteiger partial charge in [-0.05, 0) is 18.6 Å². The Morgan fingerprint density at radius 3 is 2.95 bits per heavy atom. The summed E-state index contributed by atoms with van der Waals surface area (Å²) in [5, 5.41) is 3.67. The van der Waals surface area contributed by atoms with Gasteiger partial charge in [-0.15, -0.1) is 0 Å². The van der Waals surface area contributed by atoms with Crippen LogP contribution in [0.2, 0.25) is 0 Å². The third-order valence-electron chi connectivity index (χ3n) is 2.69. The maximum absolute atomic E-state index is 11.3. The molecule has 1 aromatic carbocycles. The van der Waals surface area contributed by atoms with E-state index in [1.54, 1.807) is 6.07 Å². The number of hydrogen-bond acceptors (Lipinski definition) is 4. The molecule has 3 amide bonds. The fourth-order valence-electron chi connectivity index (χ4n) is 1.73. The summed E-state index contributed by atoms with van der Waals surface area (Å²) < 4.78 is 5.59. The Morgan fingerprint density at radius 2 is 2.21 bits per heavy atom. The van der Waals surface area contributed by atoms with Crippen LogP contribution in [0.25, 0.3) is 0 Å². The highest BCUT2D eigenvalue weighted by Gasteiger charge is 2.21. The molecule has 0 aliphatic carbocycles. The first-order chi connectivity index (χ1) is 9.19. The summed E-state index contributed by atoms with van der Waals surface area (Å²) in [5.41, 5.74) is 3.28. The molecule has 0 spiro atoms. The van der Waals surface area contributed by atoms with E-state index in [4.69, 9.17) is 4.74 Å². The van der Waals surface area contributed by atoms with Crippen LogP contribution in [0.5, 0.6) is 5.75 Å². The summed E-state index contributed by atoms with van der Waals surface area (Å²) >= 11 is 0. The van der Waals surface area contributed by atoms with Crippen LogP contribution in [0.1, 0.15) is 19.8 Å². The molecule has 1 heterocycles. The minimum atomic E-state index is -0.520. The zero-order valence-electron chi connectivity index (χ0n) is 10.8. The van der Waals surface area contributed by atoms with Gasteiger partial charge in [-0.1, -0.05) is 19.4 Å². The van der Waals surface area contributed by atoms with Crippen LogP contribution in [-0.2, 0) is 4.79 Å².